The molecule has 0 radical (unpaired) electrons. The summed E-state index contributed by atoms with van der Waals surface area (Å²) in [5, 5.41) is 3.41. The zero-order valence-corrected chi connectivity index (χ0v) is 9.49. The Morgan fingerprint density at radius 2 is 2.31 bits per heavy atom. The predicted octanol–water partition coefficient (Wildman–Crippen LogP) is 2.64. The molecule has 0 spiro atoms. The van der Waals surface area contributed by atoms with Crippen LogP contribution in [0.4, 0.5) is 0 Å². The zero-order chi connectivity index (χ0) is 11.0. The van der Waals surface area contributed by atoms with Crippen LogP contribution in [0, 0.1) is 0 Å². The smallest absolute Gasteiger partial charge is 0.209 e. The van der Waals surface area contributed by atoms with Gasteiger partial charge in [0.2, 0.25) is 5.89 Å². The van der Waals surface area contributed by atoms with Crippen molar-refractivity contribution in [1.82, 2.24) is 10.3 Å². The van der Waals surface area contributed by atoms with Gasteiger partial charge in [0.05, 0.1) is 6.54 Å². The molecule has 1 aromatic carbocycles. The number of hydrogen-bond acceptors (Lipinski definition) is 3. The molecule has 0 aliphatic heterocycles. The lowest BCUT2D eigenvalue weighted by Crippen LogP contribution is -2.15. The number of rotatable bonds is 4. The molecule has 2 aromatic rings. The maximum atomic E-state index is 5.67. The molecule has 1 heterocycles. The van der Waals surface area contributed by atoms with Crippen LogP contribution in [0.5, 0.6) is 0 Å². The summed E-state index contributed by atoms with van der Waals surface area (Å²) in [5.74, 6) is 0.801. The molecule has 3 rings (SSSR count). The highest BCUT2D eigenvalue weighted by Crippen LogP contribution is 2.21. The summed E-state index contributed by atoms with van der Waals surface area (Å²) in [5.41, 5.74) is 3.18. The van der Waals surface area contributed by atoms with Gasteiger partial charge in [-0.2, -0.15) is 0 Å². The van der Waals surface area contributed by atoms with Gasteiger partial charge in [-0.25, -0.2) is 4.98 Å². The zero-order valence-electron chi connectivity index (χ0n) is 9.49. The van der Waals surface area contributed by atoms with E-state index in [0.717, 1.165) is 30.0 Å². The first kappa shape index (κ1) is 9.85. The average molecular weight is 216 g/mol. The predicted molar refractivity (Wildman–Crippen MR) is 63.2 cm³/mol. The van der Waals surface area contributed by atoms with Gasteiger partial charge < -0.3 is 9.73 Å². The largest absolute Gasteiger partial charge is 0.439 e. The Labute approximate surface area is 94.9 Å². The van der Waals surface area contributed by atoms with Crippen molar-refractivity contribution in [2.24, 2.45) is 0 Å². The van der Waals surface area contributed by atoms with Crippen molar-refractivity contribution in [1.29, 1.82) is 0 Å². The molecule has 1 aromatic heterocycles. The van der Waals surface area contributed by atoms with Gasteiger partial charge in [-0.15, -0.1) is 0 Å². The van der Waals surface area contributed by atoms with Crippen LogP contribution in [0.15, 0.2) is 22.6 Å². The van der Waals surface area contributed by atoms with Crippen LogP contribution >= 0.6 is 0 Å². The van der Waals surface area contributed by atoms with E-state index >= 15 is 0 Å². The van der Waals surface area contributed by atoms with Crippen molar-refractivity contribution in [2.45, 2.75) is 38.8 Å². The van der Waals surface area contributed by atoms with Crippen LogP contribution in [-0.2, 0) is 13.0 Å². The highest BCUT2D eigenvalue weighted by atomic mass is 16.3. The Morgan fingerprint density at radius 3 is 3.06 bits per heavy atom. The minimum absolute atomic E-state index is 0.696. The van der Waals surface area contributed by atoms with Crippen LogP contribution in [0.25, 0.3) is 11.1 Å². The summed E-state index contributed by atoms with van der Waals surface area (Å²) in [7, 11) is 0. The molecular formula is C13H16N2O. The van der Waals surface area contributed by atoms with Gasteiger partial charge in [0.15, 0.2) is 5.58 Å². The standard InChI is InChI=1S/C13H16N2O/c1-2-9-3-6-12-11(7-9)15-13(16-12)8-14-10-4-5-10/h3,6-7,10,14H,2,4-5,8H2,1H3. The molecule has 0 bridgehead atoms. The fourth-order valence-corrected chi connectivity index (χ4v) is 1.84. The molecular weight excluding hydrogens is 200 g/mol. The first-order chi connectivity index (χ1) is 7.85. The van der Waals surface area contributed by atoms with Crippen LogP contribution in [0.3, 0.4) is 0 Å². The van der Waals surface area contributed by atoms with Crippen molar-refractivity contribution in [3.05, 3.63) is 29.7 Å². The van der Waals surface area contributed by atoms with Crippen LogP contribution in [-0.4, -0.2) is 11.0 Å². The number of oxazole rings is 1. The topological polar surface area (TPSA) is 38.1 Å². The lowest BCUT2D eigenvalue weighted by Gasteiger charge is -1.95. The molecule has 1 aliphatic rings. The summed E-state index contributed by atoms with van der Waals surface area (Å²) in [6, 6.07) is 6.92. The first-order valence-corrected chi connectivity index (χ1v) is 5.97. The summed E-state index contributed by atoms with van der Waals surface area (Å²) >= 11 is 0. The van der Waals surface area contributed by atoms with Gasteiger partial charge in [0, 0.05) is 6.04 Å². The van der Waals surface area contributed by atoms with E-state index in [2.05, 4.69) is 29.4 Å². The van der Waals surface area contributed by atoms with E-state index in [9.17, 15) is 0 Å². The summed E-state index contributed by atoms with van der Waals surface area (Å²) in [6.45, 7) is 2.90. The van der Waals surface area contributed by atoms with E-state index in [1.54, 1.807) is 0 Å². The third-order valence-electron chi connectivity index (χ3n) is 3.02. The number of fused-ring (bicyclic) bond motifs is 1. The molecule has 16 heavy (non-hydrogen) atoms. The second kappa shape index (κ2) is 3.91. The Morgan fingerprint density at radius 1 is 1.44 bits per heavy atom. The van der Waals surface area contributed by atoms with Crippen LogP contribution < -0.4 is 5.32 Å². The third kappa shape index (κ3) is 1.95. The molecule has 1 saturated carbocycles. The molecule has 3 heteroatoms. The van der Waals surface area contributed by atoms with E-state index in [-0.39, 0.29) is 0 Å². The molecule has 0 unspecified atom stereocenters. The van der Waals surface area contributed by atoms with Crippen LogP contribution in [0.2, 0.25) is 0 Å². The Hall–Kier alpha value is -1.35. The maximum absolute atomic E-state index is 5.67. The van der Waals surface area contributed by atoms with Gasteiger partial charge in [-0.05, 0) is 37.0 Å². The number of nitrogens with zero attached hydrogens (tertiary/aromatic N) is 1. The average Bonchev–Trinajstić information content (AvgIpc) is 3.04. The van der Waals surface area contributed by atoms with Gasteiger partial charge in [-0.3, -0.25) is 0 Å². The second-order valence-corrected chi connectivity index (χ2v) is 4.42. The minimum Gasteiger partial charge on any atom is -0.439 e. The van der Waals surface area contributed by atoms with Gasteiger partial charge in [0.25, 0.3) is 0 Å². The summed E-state index contributed by atoms with van der Waals surface area (Å²) < 4.78 is 5.67. The normalized spacial score (nSPS) is 15.8. The monoisotopic (exact) mass is 216 g/mol. The minimum atomic E-state index is 0.696. The Balaban J connectivity index is 1.83. The summed E-state index contributed by atoms with van der Waals surface area (Å²) in [6.07, 6.45) is 3.62. The lowest BCUT2D eigenvalue weighted by molar-refractivity contribution is 0.494. The number of aromatic nitrogens is 1. The first-order valence-electron chi connectivity index (χ1n) is 5.97. The fourth-order valence-electron chi connectivity index (χ4n) is 1.84. The van der Waals surface area contributed by atoms with Crippen LogP contribution in [0.1, 0.15) is 31.2 Å². The molecule has 0 amide bonds. The van der Waals surface area contributed by atoms with Gasteiger partial charge in [0.1, 0.15) is 5.52 Å². The number of nitrogens with one attached hydrogen (secondary N) is 1. The highest BCUT2D eigenvalue weighted by Gasteiger charge is 2.20. The van der Waals surface area contributed by atoms with Crippen molar-refractivity contribution in [3.8, 4) is 0 Å². The van der Waals surface area contributed by atoms with Crippen molar-refractivity contribution < 1.29 is 4.42 Å². The number of hydrogen-bond donors (Lipinski definition) is 1. The van der Waals surface area contributed by atoms with Gasteiger partial charge >= 0.3 is 0 Å². The highest BCUT2D eigenvalue weighted by molar-refractivity contribution is 5.73. The van der Waals surface area contributed by atoms with E-state index in [1.165, 1.54) is 18.4 Å². The molecule has 1 aliphatic carbocycles. The van der Waals surface area contributed by atoms with E-state index in [0.29, 0.717) is 6.04 Å². The summed E-state index contributed by atoms with van der Waals surface area (Å²) in [4.78, 5) is 4.49. The van der Waals surface area contributed by atoms with Gasteiger partial charge in [-0.1, -0.05) is 13.0 Å². The molecule has 1 fully saturated rings. The fraction of sp³-hybridized carbons (Fsp3) is 0.462. The maximum Gasteiger partial charge on any atom is 0.209 e. The molecule has 0 saturated heterocycles. The van der Waals surface area contributed by atoms with E-state index < -0.39 is 0 Å². The van der Waals surface area contributed by atoms with Crippen molar-refractivity contribution in [2.75, 3.05) is 0 Å². The second-order valence-electron chi connectivity index (χ2n) is 4.42. The molecule has 1 N–H and O–H groups in total. The SMILES string of the molecule is CCc1ccc2oc(CNC3CC3)nc2c1. The molecule has 0 atom stereocenters. The van der Waals surface area contributed by atoms with E-state index in [4.69, 9.17) is 4.42 Å². The number of aryl methyl sites for hydroxylation is 1. The van der Waals surface area contributed by atoms with Crippen molar-refractivity contribution >= 4 is 11.1 Å². The quantitative estimate of drug-likeness (QED) is 0.853. The molecule has 84 valence electrons. The molecule has 3 nitrogen and oxygen atoms in total. The third-order valence-corrected chi connectivity index (χ3v) is 3.02. The van der Waals surface area contributed by atoms with E-state index in [1.807, 2.05) is 6.07 Å². The Kier molecular flexibility index (Phi) is 2.40. The lowest BCUT2D eigenvalue weighted by atomic mass is 10.1. The Bertz CT molecular complexity index is 500. The number of benzene rings is 1. The van der Waals surface area contributed by atoms with Crippen molar-refractivity contribution in [3.63, 3.8) is 0 Å².